The largest absolute Gasteiger partial charge is 0.417 e. The first kappa shape index (κ1) is 11.5. The lowest BCUT2D eigenvalue weighted by molar-refractivity contribution is -0.0989. The van der Waals surface area contributed by atoms with Crippen molar-refractivity contribution < 1.29 is 22.0 Å². The molecule has 0 aromatic heterocycles. The minimum absolute atomic E-state index is 0.215. The molecule has 0 atom stereocenters. The molecule has 0 aromatic rings. The van der Waals surface area contributed by atoms with Gasteiger partial charge in [-0.15, -0.1) is 0 Å². The van der Waals surface area contributed by atoms with E-state index in [1.165, 1.54) is 0 Å². The van der Waals surface area contributed by atoms with Crippen LogP contribution in [0.4, 0.5) is 22.0 Å². The highest BCUT2D eigenvalue weighted by Gasteiger charge is 2.39. The Morgan fingerprint density at radius 1 is 1.07 bits per heavy atom. The van der Waals surface area contributed by atoms with E-state index in [9.17, 15) is 22.0 Å². The highest BCUT2D eigenvalue weighted by atomic mass is 19.4. The third-order valence-corrected chi connectivity index (χ3v) is 2.54. The van der Waals surface area contributed by atoms with Gasteiger partial charge in [-0.1, -0.05) is 25.7 Å². The molecular formula is C9H11F5. The van der Waals surface area contributed by atoms with Crippen LogP contribution in [-0.2, 0) is 0 Å². The summed E-state index contributed by atoms with van der Waals surface area (Å²) in [5.74, 6) is -0.215. The Hall–Kier alpha value is -0.610. The van der Waals surface area contributed by atoms with Crippen LogP contribution in [0.25, 0.3) is 0 Å². The molecule has 0 N–H and O–H groups in total. The fourth-order valence-electron chi connectivity index (χ4n) is 1.80. The normalized spacial score (nSPS) is 18.6. The van der Waals surface area contributed by atoms with Gasteiger partial charge in [0.05, 0.1) is 5.57 Å². The van der Waals surface area contributed by atoms with E-state index in [1.807, 2.05) is 0 Å². The Morgan fingerprint density at radius 2 is 1.57 bits per heavy atom. The molecule has 0 heterocycles. The molecule has 0 unspecified atom stereocenters. The first-order valence-corrected chi connectivity index (χ1v) is 4.52. The van der Waals surface area contributed by atoms with Gasteiger partial charge in [0.15, 0.2) is 0 Å². The van der Waals surface area contributed by atoms with E-state index < -0.39 is 24.3 Å². The molecule has 82 valence electrons. The number of rotatable bonds is 2. The Morgan fingerprint density at radius 3 is 1.93 bits per heavy atom. The first-order chi connectivity index (χ1) is 6.41. The molecule has 1 rings (SSSR count). The Labute approximate surface area is 78.8 Å². The van der Waals surface area contributed by atoms with E-state index in [1.54, 1.807) is 0 Å². The van der Waals surface area contributed by atoms with Gasteiger partial charge in [-0.25, -0.2) is 0 Å². The second-order valence-corrected chi connectivity index (χ2v) is 3.59. The summed E-state index contributed by atoms with van der Waals surface area (Å²) in [6.07, 6.45) is -5.01. The van der Waals surface area contributed by atoms with E-state index in [-0.39, 0.29) is 5.92 Å². The molecule has 1 saturated carbocycles. The van der Waals surface area contributed by atoms with Crippen LogP contribution in [0.3, 0.4) is 0 Å². The maximum atomic E-state index is 12.1. The van der Waals surface area contributed by atoms with Crippen molar-refractivity contribution in [2.45, 2.75) is 38.3 Å². The number of alkyl halides is 3. The summed E-state index contributed by atoms with van der Waals surface area (Å²) in [5, 5.41) is 0. The minimum atomic E-state index is -4.87. The SMILES string of the molecule is FC(F)=C(CC1CCCC1)C(F)(F)F. The number of hydrogen-bond acceptors (Lipinski definition) is 0. The standard InChI is InChI=1S/C9H11F5/c10-8(11)7(9(12,13)14)5-6-3-1-2-4-6/h6H,1-5H2. The fourth-order valence-corrected chi connectivity index (χ4v) is 1.80. The van der Waals surface area contributed by atoms with E-state index in [2.05, 4.69) is 0 Å². The Bertz CT molecular complexity index is 218. The molecule has 5 heteroatoms. The van der Waals surface area contributed by atoms with Gasteiger partial charge >= 0.3 is 6.18 Å². The molecule has 0 saturated heterocycles. The summed E-state index contributed by atoms with van der Waals surface area (Å²) < 4.78 is 60.3. The third-order valence-electron chi connectivity index (χ3n) is 2.54. The van der Waals surface area contributed by atoms with Crippen LogP contribution in [0.1, 0.15) is 32.1 Å². The van der Waals surface area contributed by atoms with Gasteiger partial charge in [0.1, 0.15) is 0 Å². The topological polar surface area (TPSA) is 0 Å². The van der Waals surface area contributed by atoms with E-state index in [0.717, 1.165) is 12.8 Å². The van der Waals surface area contributed by atoms with Crippen molar-refractivity contribution in [3.05, 3.63) is 11.7 Å². The lowest BCUT2D eigenvalue weighted by Crippen LogP contribution is -2.15. The van der Waals surface area contributed by atoms with Crippen molar-refractivity contribution in [3.8, 4) is 0 Å². The highest BCUT2D eigenvalue weighted by Crippen LogP contribution is 2.38. The Balaban J connectivity index is 2.66. The molecule has 14 heavy (non-hydrogen) atoms. The van der Waals surface area contributed by atoms with Gasteiger partial charge in [-0.2, -0.15) is 22.0 Å². The van der Waals surface area contributed by atoms with Gasteiger partial charge in [-0.05, 0) is 12.3 Å². The summed E-state index contributed by atoms with van der Waals surface area (Å²) in [4.78, 5) is 0. The van der Waals surface area contributed by atoms with Gasteiger partial charge in [0, 0.05) is 0 Å². The summed E-state index contributed by atoms with van der Waals surface area (Å²) in [5.41, 5.74) is -1.63. The molecule has 0 spiro atoms. The highest BCUT2D eigenvalue weighted by molar-refractivity contribution is 5.10. The van der Waals surface area contributed by atoms with Crippen LogP contribution in [0.5, 0.6) is 0 Å². The molecule has 1 fully saturated rings. The van der Waals surface area contributed by atoms with Gasteiger partial charge < -0.3 is 0 Å². The molecule has 0 aliphatic heterocycles. The molecule has 1 aliphatic rings. The molecule has 1 aliphatic carbocycles. The number of hydrogen-bond donors (Lipinski definition) is 0. The number of halogens is 5. The first-order valence-electron chi connectivity index (χ1n) is 4.52. The van der Waals surface area contributed by atoms with Crippen molar-refractivity contribution in [2.75, 3.05) is 0 Å². The van der Waals surface area contributed by atoms with E-state index in [4.69, 9.17) is 0 Å². The zero-order valence-electron chi connectivity index (χ0n) is 7.50. The smallest absolute Gasteiger partial charge is 0.173 e. The average Bonchev–Trinajstić information content (AvgIpc) is 2.48. The maximum absolute atomic E-state index is 12.1. The summed E-state index contributed by atoms with van der Waals surface area (Å²) >= 11 is 0. The van der Waals surface area contributed by atoms with Crippen LogP contribution in [0.2, 0.25) is 0 Å². The molecule has 0 bridgehead atoms. The second kappa shape index (κ2) is 4.28. The quantitative estimate of drug-likeness (QED) is 0.602. The second-order valence-electron chi connectivity index (χ2n) is 3.59. The zero-order chi connectivity index (χ0) is 10.8. The Kier molecular flexibility index (Phi) is 3.50. The van der Waals surface area contributed by atoms with Crippen LogP contribution >= 0.6 is 0 Å². The summed E-state index contributed by atoms with van der Waals surface area (Å²) in [7, 11) is 0. The molecule has 0 aromatic carbocycles. The molecule has 0 amide bonds. The fraction of sp³-hybridized carbons (Fsp3) is 0.778. The van der Waals surface area contributed by atoms with Crippen molar-refractivity contribution in [3.63, 3.8) is 0 Å². The van der Waals surface area contributed by atoms with Gasteiger partial charge in [0.25, 0.3) is 6.08 Å². The van der Waals surface area contributed by atoms with Crippen LogP contribution < -0.4 is 0 Å². The lowest BCUT2D eigenvalue weighted by Gasteiger charge is -2.14. The monoisotopic (exact) mass is 214 g/mol. The van der Waals surface area contributed by atoms with Crippen molar-refractivity contribution in [2.24, 2.45) is 5.92 Å². The predicted molar refractivity (Wildman–Crippen MR) is 41.9 cm³/mol. The van der Waals surface area contributed by atoms with Crippen LogP contribution in [0, 0.1) is 5.92 Å². The van der Waals surface area contributed by atoms with Crippen LogP contribution in [0.15, 0.2) is 11.7 Å². The van der Waals surface area contributed by atoms with E-state index in [0.29, 0.717) is 12.8 Å². The van der Waals surface area contributed by atoms with Crippen molar-refractivity contribution >= 4 is 0 Å². The predicted octanol–water partition coefficient (Wildman–Crippen LogP) is 4.28. The van der Waals surface area contributed by atoms with Gasteiger partial charge in [-0.3, -0.25) is 0 Å². The minimum Gasteiger partial charge on any atom is -0.173 e. The molecule has 0 nitrogen and oxygen atoms in total. The molecule has 0 radical (unpaired) electrons. The molecular weight excluding hydrogens is 203 g/mol. The van der Waals surface area contributed by atoms with Crippen molar-refractivity contribution in [1.82, 2.24) is 0 Å². The average molecular weight is 214 g/mol. The van der Waals surface area contributed by atoms with E-state index >= 15 is 0 Å². The van der Waals surface area contributed by atoms with Crippen LogP contribution in [-0.4, -0.2) is 6.18 Å². The number of allylic oxidation sites excluding steroid dienone is 1. The van der Waals surface area contributed by atoms with Gasteiger partial charge in [0.2, 0.25) is 0 Å². The lowest BCUT2D eigenvalue weighted by atomic mass is 9.98. The summed E-state index contributed by atoms with van der Waals surface area (Å²) in [6.45, 7) is 0. The summed E-state index contributed by atoms with van der Waals surface area (Å²) in [6, 6.07) is 0. The van der Waals surface area contributed by atoms with Crippen molar-refractivity contribution in [1.29, 1.82) is 0 Å². The zero-order valence-corrected chi connectivity index (χ0v) is 7.50. The third kappa shape index (κ3) is 2.96. The maximum Gasteiger partial charge on any atom is 0.417 e.